The molecule has 4 N–H and O–H groups in total. The first kappa shape index (κ1) is 27.6. The lowest BCUT2D eigenvalue weighted by Gasteiger charge is -2.26. The summed E-state index contributed by atoms with van der Waals surface area (Å²) in [7, 11) is 0. The molecule has 0 aliphatic carbocycles. The highest BCUT2D eigenvalue weighted by molar-refractivity contribution is 5.73. The molecule has 196 valence electrons. The number of hydrazine groups is 1. The fraction of sp³-hybridized carbons (Fsp3) is 0.483. The summed E-state index contributed by atoms with van der Waals surface area (Å²) >= 11 is 0. The number of hydrogen-bond acceptors (Lipinski definition) is 7. The molecule has 1 aliphatic rings. The Morgan fingerprint density at radius 3 is 2.78 bits per heavy atom. The average molecular weight is 495 g/mol. The lowest BCUT2D eigenvalue weighted by atomic mass is 9.82. The Hall–Kier alpha value is -3.03. The van der Waals surface area contributed by atoms with Gasteiger partial charge in [0.1, 0.15) is 12.4 Å². The maximum absolute atomic E-state index is 12.7. The molecule has 2 aromatic carbocycles. The number of ether oxygens (including phenoxy) is 2. The number of benzene rings is 2. The van der Waals surface area contributed by atoms with Crippen LogP contribution in [0.1, 0.15) is 61.8 Å². The molecular weight excluding hydrogens is 452 g/mol. The van der Waals surface area contributed by atoms with Crippen molar-refractivity contribution < 1.29 is 14.3 Å². The molecule has 0 saturated heterocycles. The van der Waals surface area contributed by atoms with Gasteiger partial charge in [-0.15, -0.1) is 0 Å². The first-order valence-electron chi connectivity index (χ1n) is 13.0. The van der Waals surface area contributed by atoms with Gasteiger partial charge < -0.3 is 20.2 Å². The summed E-state index contributed by atoms with van der Waals surface area (Å²) < 4.78 is 11.3. The summed E-state index contributed by atoms with van der Waals surface area (Å²) in [5.41, 5.74) is 11.8. The minimum Gasteiger partial charge on any atom is -0.492 e. The molecule has 2 aromatic rings. The van der Waals surface area contributed by atoms with Crippen LogP contribution in [0.4, 0.5) is 0 Å². The van der Waals surface area contributed by atoms with Gasteiger partial charge in [0.05, 0.1) is 12.5 Å². The summed E-state index contributed by atoms with van der Waals surface area (Å²) in [4.78, 5) is 15.2. The number of para-hydroxylation sites is 1. The van der Waals surface area contributed by atoms with Crippen LogP contribution in [0.3, 0.4) is 0 Å². The van der Waals surface area contributed by atoms with Crippen molar-refractivity contribution in [1.29, 1.82) is 0 Å². The van der Waals surface area contributed by atoms with Crippen molar-refractivity contribution in [1.82, 2.24) is 9.91 Å². The predicted molar refractivity (Wildman–Crippen MR) is 144 cm³/mol. The molecule has 0 bridgehead atoms. The van der Waals surface area contributed by atoms with Crippen molar-refractivity contribution >= 4 is 5.97 Å². The van der Waals surface area contributed by atoms with E-state index in [-0.39, 0.29) is 17.8 Å². The van der Waals surface area contributed by atoms with Crippen LogP contribution >= 0.6 is 0 Å². The number of carbonyl (C=O) groups is 1. The van der Waals surface area contributed by atoms with Crippen molar-refractivity contribution in [2.45, 2.75) is 59.5 Å². The molecule has 36 heavy (non-hydrogen) atoms. The molecule has 0 spiro atoms. The predicted octanol–water partition coefficient (Wildman–Crippen LogP) is 4.45. The first-order valence-corrected chi connectivity index (χ1v) is 13.0. The summed E-state index contributed by atoms with van der Waals surface area (Å²) in [6, 6.07) is 14.8. The van der Waals surface area contributed by atoms with E-state index in [1.54, 1.807) is 11.2 Å². The van der Waals surface area contributed by atoms with Gasteiger partial charge in [-0.25, -0.2) is 5.84 Å². The lowest BCUT2D eigenvalue weighted by Crippen LogP contribution is -2.27. The normalized spacial score (nSPS) is 15.9. The zero-order valence-electron chi connectivity index (χ0n) is 22.2. The molecular formula is C29H42N4O3. The summed E-state index contributed by atoms with van der Waals surface area (Å²) in [6.07, 6.45) is 3.14. The highest BCUT2D eigenvalue weighted by atomic mass is 16.5. The van der Waals surface area contributed by atoms with Crippen molar-refractivity contribution in [3.8, 4) is 5.75 Å². The lowest BCUT2D eigenvalue weighted by molar-refractivity contribution is -0.148. The maximum Gasteiger partial charge on any atom is 0.309 e. The van der Waals surface area contributed by atoms with Gasteiger partial charge in [0, 0.05) is 43.6 Å². The van der Waals surface area contributed by atoms with Crippen molar-refractivity contribution in [3.05, 3.63) is 76.6 Å². The van der Waals surface area contributed by atoms with Crippen LogP contribution in [0.15, 0.2) is 54.4 Å². The third-order valence-electron chi connectivity index (χ3n) is 6.93. The zero-order chi connectivity index (χ0) is 26.1. The molecule has 0 saturated carbocycles. The number of hydrogen-bond donors (Lipinski definition) is 2. The van der Waals surface area contributed by atoms with Gasteiger partial charge in [-0.2, -0.15) is 0 Å². The number of fused-ring (bicyclic) bond motifs is 1. The van der Waals surface area contributed by atoms with E-state index in [0.29, 0.717) is 31.9 Å². The summed E-state index contributed by atoms with van der Waals surface area (Å²) in [5, 5.41) is 1.58. The zero-order valence-corrected chi connectivity index (χ0v) is 22.2. The van der Waals surface area contributed by atoms with E-state index in [1.807, 2.05) is 32.9 Å². The largest absolute Gasteiger partial charge is 0.492 e. The number of nitrogens with two attached hydrogens (primary N) is 2. The van der Waals surface area contributed by atoms with E-state index in [2.05, 4.69) is 42.2 Å². The number of allylic oxidation sites excluding steroid dienone is 1. The Labute approximate surface area is 216 Å². The molecule has 3 rings (SSSR count). The van der Waals surface area contributed by atoms with Gasteiger partial charge in [-0.1, -0.05) is 43.3 Å². The second kappa shape index (κ2) is 13.3. The van der Waals surface area contributed by atoms with Gasteiger partial charge in [0.2, 0.25) is 0 Å². The second-order valence-electron chi connectivity index (χ2n) is 9.57. The van der Waals surface area contributed by atoms with E-state index in [1.165, 1.54) is 16.7 Å². The highest BCUT2D eigenvalue weighted by Crippen LogP contribution is 2.33. The molecule has 0 aromatic heterocycles. The van der Waals surface area contributed by atoms with Gasteiger partial charge in [-0.05, 0) is 62.3 Å². The van der Waals surface area contributed by atoms with E-state index in [0.717, 1.165) is 37.4 Å². The molecule has 0 amide bonds. The topological polar surface area (TPSA) is 94.0 Å². The quantitative estimate of drug-likeness (QED) is 0.271. The molecule has 1 aliphatic heterocycles. The Morgan fingerprint density at radius 2 is 2.03 bits per heavy atom. The van der Waals surface area contributed by atoms with Gasteiger partial charge in [-0.3, -0.25) is 9.69 Å². The van der Waals surface area contributed by atoms with Crippen molar-refractivity contribution in [2.75, 3.05) is 26.3 Å². The van der Waals surface area contributed by atoms with Crippen LogP contribution in [-0.2, 0) is 22.6 Å². The fourth-order valence-corrected chi connectivity index (χ4v) is 4.68. The van der Waals surface area contributed by atoms with Crippen LogP contribution < -0.4 is 16.3 Å². The third kappa shape index (κ3) is 7.48. The van der Waals surface area contributed by atoms with Crippen LogP contribution in [0, 0.1) is 12.8 Å². The Kier molecular flexibility index (Phi) is 10.2. The Morgan fingerprint density at radius 1 is 1.25 bits per heavy atom. The second-order valence-corrected chi connectivity index (χ2v) is 9.57. The molecule has 2 atom stereocenters. The smallest absolute Gasteiger partial charge is 0.309 e. The standard InChI is InChI=1S/C29H42N4O3/c1-5-33(31)20-26(30)13-14-27(22(4)29(34)35-6-2)23-12-11-21(3)25(17-23)19-32-15-16-36-28-10-8-7-9-24(28)18-32/h7-12,17,20,22,27H,5-6,13-16,18-19,30-31H2,1-4H3/b26-20-. The number of carbonyl (C=O) groups excluding carboxylic acids is 1. The molecule has 0 fully saturated rings. The first-order chi connectivity index (χ1) is 17.3. The van der Waals surface area contributed by atoms with E-state index >= 15 is 0 Å². The van der Waals surface area contributed by atoms with Crippen LogP contribution in [0.5, 0.6) is 5.75 Å². The summed E-state index contributed by atoms with van der Waals surface area (Å²) in [5.74, 6) is 6.38. The fourth-order valence-electron chi connectivity index (χ4n) is 4.68. The Balaban J connectivity index is 1.83. The maximum atomic E-state index is 12.7. The molecule has 1 heterocycles. The van der Waals surface area contributed by atoms with Crippen LogP contribution in [0.25, 0.3) is 0 Å². The third-order valence-corrected chi connectivity index (χ3v) is 6.93. The highest BCUT2D eigenvalue weighted by Gasteiger charge is 2.27. The number of esters is 1. The van der Waals surface area contributed by atoms with Crippen molar-refractivity contribution in [3.63, 3.8) is 0 Å². The number of aryl methyl sites for hydroxylation is 1. The van der Waals surface area contributed by atoms with Gasteiger partial charge in [0.25, 0.3) is 0 Å². The van der Waals surface area contributed by atoms with E-state index < -0.39 is 0 Å². The average Bonchev–Trinajstić information content (AvgIpc) is 3.07. The Bertz CT molecular complexity index is 1040. The van der Waals surface area contributed by atoms with Crippen LogP contribution in [-0.4, -0.2) is 42.2 Å². The minimum atomic E-state index is -0.285. The van der Waals surface area contributed by atoms with Gasteiger partial charge in [0.15, 0.2) is 0 Å². The van der Waals surface area contributed by atoms with Crippen molar-refractivity contribution in [2.24, 2.45) is 17.5 Å². The molecule has 0 radical (unpaired) electrons. The molecule has 2 unspecified atom stereocenters. The van der Waals surface area contributed by atoms with Gasteiger partial charge >= 0.3 is 5.97 Å². The monoisotopic (exact) mass is 494 g/mol. The number of rotatable bonds is 11. The van der Waals surface area contributed by atoms with E-state index in [4.69, 9.17) is 21.1 Å². The van der Waals surface area contributed by atoms with Crippen LogP contribution in [0.2, 0.25) is 0 Å². The summed E-state index contributed by atoms with van der Waals surface area (Å²) in [6.45, 7) is 12.1. The number of nitrogens with zero attached hydrogens (tertiary/aromatic N) is 2. The SMILES string of the molecule is CCOC(=O)C(C)C(CC/C(N)=C/N(N)CC)c1ccc(C)c(CN2CCOc3ccccc3C2)c1. The molecule has 7 heteroatoms. The molecule has 7 nitrogen and oxygen atoms in total. The van der Waals surface area contributed by atoms with E-state index in [9.17, 15) is 4.79 Å². The minimum absolute atomic E-state index is 0.0172.